The lowest BCUT2D eigenvalue weighted by Gasteiger charge is -2.18. The van der Waals surface area contributed by atoms with Gasteiger partial charge in [0.05, 0.1) is 11.4 Å². The van der Waals surface area contributed by atoms with Gasteiger partial charge in [0.15, 0.2) is 0 Å². The monoisotopic (exact) mass is 327 g/mol. The van der Waals surface area contributed by atoms with Crippen LogP contribution in [0.25, 0.3) is 0 Å². The van der Waals surface area contributed by atoms with Crippen molar-refractivity contribution in [2.45, 2.75) is 59.5 Å². The number of fused-ring (bicyclic) bond motifs is 1. The Kier molecular flexibility index (Phi) is 6.47. The van der Waals surface area contributed by atoms with Gasteiger partial charge in [0.25, 0.3) is 0 Å². The van der Waals surface area contributed by atoms with Gasteiger partial charge in [-0.3, -0.25) is 0 Å². The van der Waals surface area contributed by atoms with E-state index in [1.165, 1.54) is 16.7 Å². The second kappa shape index (κ2) is 8.57. The normalized spacial score (nSPS) is 14.7. The predicted octanol–water partition coefficient (Wildman–Crippen LogP) is 4.21. The average molecular weight is 327 g/mol. The lowest BCUT2D eigenvalue weighted by atomic mass is 10.1. The van der Waals surface area contributed by atoms with E-state index in [0.29, 0.717) is 18.8 Å². The average Bonchev–Trinajstić information content (AvgIpc) is 3.02. The number of hydrogen-bond acceptors (Lipinski definition) is 2. The van der Waals surface area contributed by atoms with E-state index in [4.69, 9.17) is 5.73 Å². The van der Waals surface area contributed by atoms with E-state index in [-0.39, 0.29) is 6.03 Å². The van der Waals surface area contributed by atoms with Crippen molar-refractivity contribution in [3.05, 3.63) is 58.4 Å². The Labute approximate surface area is 145 Å². The zero-order chi connectivity index (χ0) is 17.5. The number of carbonyl (C=O) groups excluding carboxylic acids is 1. The molecule has 0 aromatic heterocycles. The molecule has 1 aromatic carbocycles. The van der Waals surface area contributed by atoms with Gasteiger partial charge < -0.3 is 16.0 Å². The zero-order valence-electron chi connectivity index (χ0n) is 15.1. The second-order valence-corrected chi connectivity index (χ2v) is 6.22. The molecule has 0 saturated heterocycles. The second-order valence-electron chi connectivity index (χ2n) is 6.22. The van der Waals surface area contributed by atoms with Crippen LogP contribution in [0.15, 0.2) is 41.7 Å². The molecule has 4 nitrogen and oxygen atoms in total. The molecule has 0 bridgehead atoms. The number of carbonyl (C=O) groups is 1. The molecule has 1 aliphatic heterocycles. The van der Waals surface area contributed by atoms with E-state index in [2.05, 4.69) is 37.4 Å². The number of unbranched alkanes of at least 4 members (excludes halogenated alkanes) is 1. The van der Waals surface area contributed by atoms with Crippen LogP contribution in [0.3, 0.4) is 0 Å². The highest BCUT2D eigenvalue weighted by Crippen LogP contribution is 2.24. The summed E-state index contributed by atoms with van der Waals surface area (Å²) >= 11 is 0. The van der Waals surface area contributed by atoms with Crippen molar-refractivity contribution < 1.29 is 4.79 Å². The molecule has 0 atom stereocenters. The molecular weight excluding hydrogens is 298 g/mol. The molecule has 0 aliphatic carbocycles. The molecular formula is C20H29N3O. The number of hydrogen-bond donors (Lipinski definition) is 2. The standard InChI is InChI=1S/C20H29N3O/c1-4-7-9-18(21)19(8-5-2)22-20(24)23-13-16-11-10-15(6-3)12-17(16)14-23/h8-12H,4-7,13-14,21H2,1-3H3,(H,22,24)/b18-9+,19-8-. The van der Waals surface area contributed by atoms with E-state index >= 15 is 0 Å². The number of urea groups is 1. The molecule has 0 unspecified atom stereocenters. The lowest BCUT2D eigenvalue weighted by Crippen LogP contribution is -2.37. The molecule has 130 valence electrons. The van der Waals surface area contributed by atoms with Gasteiger partial charge in [-0.05, 0) is 36.0 Å². The van der Waals surface area contributed by atoms with Crippen molar-refractivity contribution in [2.75, 3.05) is 0 Å². The lowest BCUT2D eigenvalue weighted by molar-refractivity contribution is 0.201. The smallest absolute Gasteiger partial charge is 0.322 e. The third-order valence-electron chi connectivity index (χ3n) is 4.30. The first kappa shape index (κ1) is 18.1. The topological polar surface area (TPSA) is 58.4 Å². The molecule has 0 saturated carbocycles. The fourth-order valence-electron chi connectivity index (χ4n) is 2.86. The van der Waals surface area contributed by atoms with Gasteiger partial charge in [0.2, 0.25) is 0 Å². The summed E-state index contributed by atoms with van der Waals surface area (Å²) in [4.78, 5) is 14.5. The summed E-state index contributed by atoms with van der Waals surface area (Å²) in [5, 5.41) is 2.99. The van der Waals surface area contributed by atoms with Crippen LogP contribution >= 0.6 is 0 Å². The molecule has 24 heavy (non-hydrogen) atoms. The molecule has 0 fully saturated rings. The zero-order valence-corrected chi connectivity index (χ0v) is 15.1. The Morgan fingerprint density at radius 1 is 1.21 bits per heavy atom. The Bertz CT molecular complexity index is 646. The molecule has 4 heteroatoms. The van der Waals surface area contributed by atoms with Gasteiger partial charge in [-0.1, -0.05) is 57.5 Å². The minimum atomic E-state index is -0.0863. The number of amides is 2. The summed E-state index contributed by atoms with van der Waals surface area (Å²) in [6.07, 6.45) is 7.75. The highest BCUT2D eigenvalue weighted by molar-refractivity contribution is 5.77. The summed E-state index contributed by atoms with van der Waals surface area (Å²) in [5.74, 6) is 0. The first-order valence-corrected chi connectivity index (χ1v) is 8.91. The number of benzene rings is 1. The van der Waals surface area contributed by atoms with Crippen LogP contribution in [0.4, 0.5) is 4.79 Å². The van der Waals surface area contributed by atoms with Crippen molar-refractivity contribution in [3.8, 4) is 0 Å². The summed E-state index contributed by atoms with van der Waals surface area (Å²) in [7, 11) is 0. The first-order valence-electron chi connectivity index (χ1n) is 8.91. The molecule has 3 N–H and O–H groups in total. The molecule has 0 spiro atoms. The van der Waals surface area contributed by atoms with Crippen molar-refractivity contribution in [2.24, 2.45) is 5.73 Å². The maximum atomic E-state index is 12.6. The third kappa shape index (κ3) is 4.40. The molecule has 1 heterocycles. The van der Waals surface area contributed by atoms with Gasteiger partial charge in [-0.25, -0.2) is 4.79 Å². The Balaban J connectivity index is 2.05. The van der Waals surface area contributed by atoms with Crippen LogP contribution in [-0.2, 0) is 19.5 Å². The fraction of sp³-hybridized carbons (Fsp3) is 0.450. The number of allylic oxidation sites excluding steroid dienone is 2. The van der Waals surface area contributed by atoms with Gasteiger partial charge >= 0.3 is 6.03 Å². The highest BCUT2D eigenvalue weighted by atomic mass is 16.2. The van der Waals surface area contributed by atoms with E-state index in [1.807, 2.05) is 24.0 Å². The van der Waals surface area contributed by atoms with Crippen molar-refractivity contribution in [1.29, 1.82) is 0 Å². The van der Waals surface area contributed by atoms with Gasteiger partial charge in [-0.15, -0.1) is 0 Å². The minimum absolute atomic E-state index is 0.0863. The van der Waals surface area contributed by atoms with Crippen molar-refractivity contribution in [1.82, 2.24) is 10.2 Å². The van der Waals surface area contributed by atoms with E-state index < -0.39 is 0 Å². The number of rotatable bonds is 6. The molecule has 2 rings (SSSR count). The quantitative estimate of drug-likeness (QED) is 0.769. The van der Waals surface area contributed by atoms with Crippen LogP contribution in [0, 0.1) is 0 Å². The summed E-state index contributed by atoms with van der Waals surface area (Å²) in [6, 6.07) is 6.41. The van der Waals surface area contributed by atoms with E-state index in [1.54, 1.807) is 0 Å². The molecule has 0 radical (unpaired) electrons. The predicted molar refractivity (Wildman–Crippen MR) is 99.2 cm³/mol. The van der Waals surface area contributed by atoms with Crippen LogP contribution in [-0.4, -0.2) is 10.9 Å². The minimum Gasteiger partial charge on any atom is -0.397 e. The maximum absolute atomic E-state index is 12.6. The third-order valence-corrected chi connectivity index (χ3v) is 4.30. The first-order chi connectivity index (χ1) is 11.6. The molecule has 1 aliphatic rings. The Morgan fingerprint density at radius 2 is 1.96 bits per heavy atom. The summed E-state index contributed by atoms with van der Waals surface area (Å²) in [6.45, 7) is 7.61. The van der Waals surface area contributed by atoms with Gasteiger partial charge in [-0.2, -0.15) is 0 Å². The fourth-order valence-corrected chi connectivity index (χ4v) is 2.86. The van der Waals surface area contributed by atoms with Crippen molar-refractivity contribution in [3.63, 3.8) is 0 Å². The van der Waals surface area contributed by atoms with Crippen LogP contribution in [0.1, 0.15) is 56.7 Å². The van der Waals surface area contributed by atoms with Crippen molar-refractivity contribution >= 4 is 6.03 Å². The van der Waals surface area contributed by atoms with Gasteiger partial charge in [0, 0.05) is 13.1 Å². The number of aryl methyl sites for hydroxylation is 1. The van der Waals surface area contributed by atoms with Crippen LogP contribution < -0.4 is 11.1 Å². The maximum Gasteiger partial charge on any atom is 0.322 e. The summed E-state index contributed by atoms with van der Waals surface area (Å²) in [5.41, 5.74) is 11.3. The van der Waals surface area contributed by atoms with Crippen LogP contribution in [0.5, 0.6) is 0 Å². The van der Waals surface area contributed by atoms with Crippen LogP contribution in [0.2, 0.25) is 0 Å². The number of nitrogens with zero attached hydrogens (tertiary/aromatic N) is 1. The highest BCUT2D eigenvalue weighted by Gasteiger charge is 2.24. The Hall–Kier alpha value is -2.23. The largest absolute Gasteiger partial charge is 0.397 e. The van der Waals surface area contributed by atoms with Gasteiger partial charge in [0.1, 0.15) is 0 Å². The molecule has 1 aromatic rings. The summed E-state index contributed by atoms with van der Waals surface area (Å²) < 4.78 is 0. The SMILES string of the molecule is CC/C=C(NC(=O)N1Cc2ccc(CC)cc2C1)/C(N)=C\CCC. The van der Waals surface area contributed by atoms with E-state index in [9.17, 15) is 4.79 Å². The Morgan fingerprint density at radius 3 is 2.62 bits per heavy atom. The van der Waals surface area contributed by atoms with E-state index in [0.717, 1.165) is 31.4 Å². The molecule has 2 amide bonds. The number of nitrogens with two attached hydrogens (primary N) is 1. The number of nitrogens with one attached hydrogen (secondary N) is 1.